The summed E-state index contributed by atoms with van der Waals surface area (Å²) >= 11 is 0. The Balaban J connectivity index is 2.27. The van der Waals surface area contributed by atoms with Crippen LogP contribution in [0, 0.1) is 17.8 Å². The summed E-state index contributed by atoms with van der Waals surface area (Å²) in [6, 6.07) is 0.00118. The number of carboxylic acids is 1. The minimum atomic E-state index is -0.856. The van der Waals surface area contributed by atoms with E-state index in [0.29, 0.717) is 0 Å². The quantitative estimate of drug-likeness (QED) is 0.676. The van der Waals surface area contributed by atoms with Gasteiger partial charge in [-0.05, 0) is 37.5 Å². The molecule has 21 heavy (non-hydrogen) atoms. The summed E-state index contributed by atoms with van der Waals surface area (Å²) in [5.41, 5.74) is 0. The molecule has 0 heterocycles. The molecule has 2 amide bonds. The van der Waals surface area contributed by atoms with Gasteiger partial charge >= 0.3 is 12.0 Å². The first kappa shape index (κ1) is 17.8. The maximum absolute atomic E-state index is 11.9. The van der Waals surface area contributed by atoms with Crippen LogP contribution >= 0.6 is 0 Å². The number of hydrogen-bond donors (Lipinski definition) is 3. The molecule has 0 radical (unpaired) electrons. The van der Waals surface area contributed by atoms with Crippen LogP contribution in [-0.4, -0.2) is 29.7 Å². The summed E-state index contributed by atoms with van der Waals surface area (Å²) in [7, 11) is 0. The molecule has 0 aliphatic heterocycles. The van der Waals surface area contributed by atoms with Gasteiger partial charge in [0.05, 0.1) is 5.92 Å². The van der Waals surface area contributed by atoms with E-state index in [2.05, 4.69) is 17.6 Å². The smallest absolute Gasteiger partial charge is 0.315 e. The van der Waals surface area contributed by atoms with E-state index >= 15 is 0 Å². The highest BCUT2D eigenvalue weighted by Gasteiger charge is 2.24. The Labute approximate surface area is 127 Å². The van der Waals surface area contributed by atoms with Gasteiger partial charge in [0.2, 0.25) is 0 Å². The first-order valence-corrected chi connectivity index (χ1v) is 8.21. The average Bonchev–Trinajstić information content (AvgIpc) is 2.40. The molecule has 0 saturated heterocycles. The van der Waals surface area contributed by atoms with Gasteiger partial charge < -0.3 is 15.7 Å². The molecule has 1 rings (SSSR count). The molecule has 1 fully saturated rings. The predicted molar refractivity (Wildman–Crippen MR) is 83.2 cm³/mol. The Hall–Kier alpha value is -1.26. The van der Waals surface area contributed by atoms with Crippen molar-refractivity contribution in [3.63, 3.8) is 0 Å². The lowest BCUT2D eigenvalue weighted by molar-refractivity contribution is -0.142. The average molecular weight is 298 g/mol. The SMILES string of the molecule is CCCC1CCC(NC(=O)NCC(C(=O)O)C(C)C)CC1. The Kier molecular flexibility index (Phi) is 7.54. The zero-order valence-electron chi connectivity index (χ0n) is 13.5. The topological polar surface area (TPSA) is 78.4 Å². The van der Waals surface area contributed by atoms with Crippen LogP contribution in [0.2, 0.25) is 0 Å². The van der Waals surface area contributed by atoms with Gasteiger partial charge in [0.25, 0.3) is 0 Å². The second kappa shape index (κ2) is 8.90. The van der Waals surface area contributed by atoms with Crippen molar-refractivity contribution < 1.29 is 14.7 Å². The van der Waals surface area contributed by atoms with Crippen LogP contribution in [0.15, 0.2) is 0 Å². The number of rotatable bonds is 7. The van der Waals surface area contributed by atoms with Crippen LogP contribution in [0.25, 0.3) is 0 Å². The highest BCUT2D eigenvalue weighted by atomic mass is 16.4. The number of urea groups is 1. The minimum Gasteiger partial charge on any atom is -0.481 e. The molecule has 1 aliphatic carbocycles. The molecule has 3 N–H and O–H groups in total. The van der Waals surface area contributed by atoms with Crippen LogP contribution in [0.1, 0.15) is 59.3 Å². The fourth-order valence-corrected chi connectivity index (χ4v) is 3.05. The van der Waals surface area contributed by atoms with E-state index in [0.717, 1.165) is 18.8 Å². The molecule has 1 saturated carbocycles. The number of amides is 2. The number of carbonyl (C=O) groups is 2. The fourth-order valence-electron chi connectivity index (χ4n) is 3.05. The lowest BCUT2D eigenvalue weighted by atomic mass is 9.83. The van der Waals surface area contributed by atoms with Crippen LogP contribution < -0.4 is 10.6 Å². The lowest BCUT2D eigenvalue weighted by Crippen LogP contribution is -2.46. The van der Waals surface area contributed by atoms with Gasteiger partial charge in [-0.25, -0.2) is 4.79 Å². The zero-order valence-corrected chi connectivity index (χ0v) is 13.5. The maximum atomic E-state index is 11.9. The summed E-state index contributed by atoms with van der Waals surface area (Å²) in [4.78, 5) is 22.9. The number of nitrogens with one attached hydrogen (secondary N) is 2. The summed E-state index contributed by atoms with van der Waals surface area (Å²) in [6.45, 7) is 6.11. The third kappa shape index (κ3) is 6.36. The molecule has 0 aromatic heterocycles. The molecule has 0 spiro atoms. The van der Waals surface area contributed by atoms with E-state index in [1.807, 2.05) is 13.8 Å². The highest BCUT2D eigenvalue weighted by molar-refractivity contribution is 5.76. The Morgan fingerprint density at radius 1 is 1.19 bits per heavy atom. The largest absolute Gasteiger partial charge is 0.481 e. The second-order valence-corrected chi connectivity index (χ2v) is 6.55. The van der Waals surface area contributed by atoms with Crippen LogP contribution in [0.5, 0.6) is 0 Å². The maximum Gasteiger partial charge on any atom is 0.315 e. The van der Waals surface area contributed by atoms with Gasteiger partial charge in [-0.2, -0.15) is 0 Å². The van der Waals surface area contributed by atoms with E-state index in [9.17, 15) is 9.59 Å². The Morgan fingerprint density at radius 3 is 2.29 bits per heavy atom. The molecule has 0 aromatic carbocycles. The third-order valence-electron chi connectivity index (χ3n) is 4.48. The van der Waals surface area contributed by atoms with Crippen molar-refractivity contribution >= 4 is 12.0 Å². The van der Waals surface area contributed by atoms with E-state index in [1.54, 1.807) is 0 Å². The van der Waals surface area contributed by atoms with Crippen molar-refractivity contribution in [1.82, 2.24) is 10.6 Å². The second-order valence-electron chi connectivity index (χ2n) is 6.55. The van der Waals surface area contributed by atoms with Crippen molar-refractivity contribution in [2.75, 3.05) is 6.54 Å². The van der Waals surface area contributed by atoms with Crippen molar-refractivity contribution in [3.8, 4) is 0 Å². The van der Waals surface area contributed by atoms with E-state index in [1.165, 1.54) is 25.7 Å². The van der Waals surface area contributed by atoms with Gasteiger partial charge in [-0.15, -0.1) is 0 Å². The normalized spacial score (nSPS) is 23.6. The molecular formula is C16H30N2O3. The molecule has 5 nitrogen and oxygen atoms in total. The highest BCUT2D eigenvalue weighted by Crippen LogP contribution is 2.27. The lowest BCUT2D eigenvalue weighted by Gasteiger charge is -2.29. The molecule has 0 aromatic rings. The van der Waals surface area contributed by atoms with E-state index < -0.39 is 11.9 Å². The summed E-state index contributed by atoms with van der Waals surface area (Å²) in [6.07, 6.45) is 6.95. The van der Waals surface area contributed by atoms with Crippen LogP contribution in [-0.2, 0) is 4.79 Å². The first-order chi connectivity index (χ1) is 9.93. The standard InChI is InChI=1S/C16H30N2O3/c1-4-5-12-6-8-13(9-7-12)18-16(21)17-10-14(11(2)3)15(19)20/h11-14H,4-10H2,1-3H3,(H,19,20)(H2,17,18,21). The Morgan fingerprint density at radius 2 is 1.81 bits per heavy atom. The van der Waals surface area contributed by atoms with Gasteiger partial charge in [0.1, 0.15) is 0 Å². The third-order valence-corrected chi connectivity index (χ3v) is 4.48. The number of carbonyl (C=O) groups excluding carboxylic acids is 1. The number of hydrogen-bond acceptors (Lipinski definition) is 2. The zero-order chi connectivity index (χ0) is 15.8. The van der Waals surface area contributed by atoms with Gasteiger partial charge in [0.15, 0.2) is 0 Å². The first-order valence-electron chi connectivity index (χ1n) is 8.21. The van der Waals surface area contributed by atoms with Gasteiger partial charge in [0, 0.05) is 12.6 Å². The van der Waals surface area contributed by atoms with Crippen LogP contribution in [0.4, 0.5) is 4.79 Å². The van der Waals surface area contributed by atoms with E-state index in [4.69, 9.17) is 5.11 Å². The number of carboxylic acid groups (broad SMARTS) is 1. The van der Waals surface area contributed by atoms with E-state index in [-0.39, 0.29) is 24.5 Å². The van der Waals surface area contributed by atoms with Crippen molar-refractivity contribution in [2.45, 2.75) is 65.3 Å². The van der Waals surface area contributed by atoms with Crippen molar-refractivity contribution in [3.05, 3.63) is 0 Å². The Bertz CT molecular complexity index is 336. The van der Waals surface area contributed by atoms with Crippen molar-refractivity contribution in [1.29, 1.82) is 0 Å². The van der Waals surface area contributed by atoms with Gasteiger partial charge in [-0.1, -0.05) is 33.6 Å². The fraction of sp³-hybridized carbons (Fsp3) is 0.875. The molecule has 1 aliphatic rings. The minimum absolute atomic E-state index is 0.00674. The monoisotopic (exact) mass is 298 g/mol. The molecule has 122 valence electrons. The molecular weight excluding hydrogens is 268 g/mol. The summed E-state index contributed by atoms with van der Waals surface area (Å²) < 4.78 is 0. The molecule has 0 bridgehead atoms. The van der Waals surface area contributed by atoms with Crippen molar-refractivity contribution in [2.24, 2.45) is 17.8 Å². The summed E-state index contributed by atoms with van der Waals surface area (Å²) in [5.74, 6) is -0.567. The van der Waals surface area contributed by atoms with Crippen LogP contribution in [0.3, 0.4) is 0 Å². The molecule has 1 unspecified atom stereocenters. The van der Waals surface area contributed by atoms with Gasteiger partial charge in [-0.3, -0.25) is 4.79 Å². The predicted octanol–water partition coefficient (Wildman–Crippen LogP) is 3.00. The number of aliphatic carboxylic acids is 1. The molecule has 1 atom stereocenters. The summed E-state index contributed by atoms with van der Waals surface area (Å²) in [5, 5.41) is 14.8. The molecule has 5 heteroatoms.